The van der Waals surface area contributed by atoms with Gasteiger partial charge in [0.2, 0.25) is 0 Å². The van der Waals surface area contributed by atoms with Crippen molar-refractivity contribution in [1.82, 2.24) is 19.9 Å². The number of carbonyl (C=O) groups is 1. The standard InChI is InChI=1S/C22H22N4O2/c1-16-7-9-18(10-8-16)21-15-26(24-23-21)22(28)25-14-20(27)12-11-19(25)13-17-5-3-2-4-6-17/h2-12,15,19-20,27H,13-14H2,1H3/t19-,20+/m1/s1. The lowest BCUT2D eigenvalue weighted by atomic mass is 10.0. The molecule has 1 aromatic heterocycles. The van der Waals surface area contributed by atoms with Gasteiger partial charge in [0.05, 0.1) is 24.9 Å². The number of rotatable bonds is 3. The summed E-state index contributed by atoms with van der Waals surface area (Å²) in [4.78, 5) is 14.7. The summed E-state index contributed by atoms with van der Waals surface area (Å²) in [6, 6.07) is 17.5. The zero-order valence-corrected chi connectivity index (χ0v) is 15.6. The fraction of sp³-hybridized carbons (Fsp3) is 0.227. The summed E-state index contributed by atoms with van der Waals surface area (Å²) in [5.74, 6) is 0. The summed E-state index contributed by atoms with van der Waals surface area (Å²) in [7, 11) is 0. The third-order valence-corrected chi connectivity index (χ3v) is 4.91. The number of aliphatic hydroxyl groups excluding tert-OH is 1. The minimum atomic E-state index is -0.684. The van der Waals surface area contributed by atoms with Crippen LogP contribution in [-0.2, 0) is 6.42 Å². The smallest absolute Gasteiger partial charge is 0.346 e. The third-order valence-electron chi connectivity index (χ3n) is 4.91. The van der Waals surface area contributed by atoms with Gasteiger partial charge in [0, 0.05) is 5.56 Å². The van der Waals surface area contributed by atoms with Crippen LogP contribution in [0.25, 0.3) is 11.3 Å². The molecule has 6 heteroatoms. The molecule has 2 atom stereocenters. The fourth-order valence-electron chi connectivity index (χ4n) is 3.36. The molecule has 1 aliphatic heterocycles. The number of aryl methyl sites for hydroxylation is 1. The number of β-amino-alcohol motifs (C(OH)–C–C–N with tert-alkyl or cyclic N) is 1. The number of hydrogen-bond donors (Lipinski definition) is 1. The molecule has 3 aromatic rings. The van der Waals surface area contributed by atoms with E-state index in [9.17, 15) is 9.90 Å². The predicted octanol–water partition coefficient (Wildman–Crippen LogP) is 3.07. The Kier molecular flexibility index (Phi) is 5.04. The minimum Gasteiger partial charge on any atom is -0.387 e. The number of aliphatic hydroxyl groups is 1. The maximum absolute atomic E-state index is 13.1. The molecule has 0 unspecified atom stereocenters. The molecule has 2 aromatic carbocycles. The van der Waals surface area contributed by atoms with Gasteiger partial charge >= 0.3 is 6.03 Å². The summed E-state index contributed by atoms with van der Waals surface area (Å²) in [5, 5.41) is 18.2. The minimum absolute atomic E-state index is 0.148. The first-order valence-corrected chi connectivity index (χ1v) is 9.31. The summed E-state index contributed by atoms with van der Waals surface area (Å²) >= 11 is 0. The van der Waals surface area contributed by atoms with Crippen molar-refractivity contribution in [2.75, 3.05) is 6.54 Å². The first-order valence-electron chi connectivity index (χ1n) is 9.31. The number of carbonyl (C=O) groups excluding carboxylic acids is 1. The van der Waals surface area contributed by atoms with Gasteiger partial charge in [-0.25, -0.2) is 4.79 Å². The predicted molar refractivity (Wildman–Crippen MR) is 107 cm³/mol. The van der Waals surface area contributed by atoms with Crippen LogP contribution in [0.3, 0.4) is 0 Å². The molecule has 0 saturated heterocycles. The van der Waals surface area contributed by atoms with Crippen molar-refractivity contribution in [2.24, 2.45) is 0 Å². The average molecular weight is 374 g/mol. The van der Waals surface area contributed by atoms with Crippen LogP contribution in [0.15, 0.2) is 72.9 Å². The van der Waals surface area contributed by atoms with E-state index in [1.165, 1.54) is 4.68 Å². The molecule has 0 aliphatic carbocycles. The normalized spacial score (nSPS) is 19.0. The van der Waals surface area contributed by atoms with Crippen LogP contribution in [0.4, 0.5) is 4.79 Å². The Morgan fingerprint density at radius 2 is 1.86 bits per heavy atom. The second kappa shape index (κ2) is 7.78. The summed E-state index contributed by atoms with van der Waals surface area (Å²) in [6.45, 7) is 2.25. The van der Waals surface area contributed by atoms with Crippen LogP contribution in [0, 0.1) is 6.92 Å². The van der Waals surface area contributed by atoms with Crippen LogP contribution in [0.5, 0.6) is 0 Å². The molecule has 2 heterocycles. The molecule has 0 saturated carbocycles. The zero-order valence-electron chi connectivity index (χ0n) is 15.6. The number of nitrogens with zero attached hydrogens (tertiary/aromatic N) is 4. The Bertz CT molecular complexity index is 979. The van der Waals surface area contributed by atoms with Crippen molar-refractivity contribution in [3.8, 4) is 11.3 Å². The molecule has 1 aliphatic rings. The second-order valence-electron chi connectivity index (χ2n) is 7.06. The monoisotopic (exact) mass is 374 g/mol. The number of amides is 1. The van der Waals surface area contributed by atoms with E-state index in [2.05, 4.69) is 10.3 Å². The summed E-state index contributed by atoms with van der Waals surface area (Å²) in [5.41, 5.74) is 3.83. The van der Waals surface area contributed by atoms with E-state index in [1.807, 2.05) is 67.6 Å². The maximum atomic E-state index is 13.1. The van der Waals surface area contributed by atoms with Crippen molar-refractivity contribution >= 4 is 6.03 Å². The van der Waals surface area contributed by atoms with Crippen molar-refractivity contribution in [2.45, 2.75) is 25.5 Å². The fourth-order valence-corrected chi connectivity index (χ4v) is 3.36. The van der Waals surface area contributed by atoms with Gasteiger partial charge in [-0.3, -0.25) is 0 Å². The van der Waals surface area contributed by atoms with Gasteiger partial charge in [-0.2, -0.15) is 4.68 Å². The summed E-state index contributed by atoms with van der Waals surface area (Å²) in [6.07, 6.45) is 5.26. The first-order chi connectivity index (χ1) is 13.6. The largest absolute Gasteiger partial charge is 0.387 e. The highest BCUT2D eigenvalue weighted by molar-refractivity contribution is 5.78. The lowest BCUT2D eigenvalue weighted by Gasteiger charge is -2.33. The zero-order chi connectivity index (χ0) is 19.5. The molecule has 1 N–H and O–H groups in total. The van der Waals surface area contributed by atoms with Crippen molar-refractivity contribution < 1.29 is 9.90 Å². The van der Waals surface area contributed by atoms with Crippen LogP contribution < -0.4 is 0 Å². The quantitative estimate of drug-likeness (QED) is 0.715. The van der Waals surface area contributed by atoms with E-state index < -0.39 is 6.10 Å². The van der Waals surface area contributed by atoms with Gasteiger partial charge in [-0.15, -0.1) is 5.10 Å². The first kappa shape index (κ1) is 18.1. The van der Waals surface area contributed by atoms with Crippen molar-refractivity contribution in [1.29, 1.82) is 0 Å². The number of benzene rings is 2. The Labute approximate surface area is 163 Å². The lowest BCUT2D eigenvalue weighted by molar-refractivity contribution is 0.124. The molecule has 28 heavy (non-hydrogen) atoms. The van der Waals surface area contributed by atoms with Gasteiger partial charge in [-0.1, -0.05) is 77.5 Å². The number of aromatic nitrogens is 3. The van der Waals surface area contributed by atoms with Crippen LogP contribution >= 0.6 is 0 Å². The van der Waals surface area contributed by atoms with Gasteiger partial charge in [-0.05, 0) is 18.9 Å². The van der Waals surface area contributed by atoms with Crippen LogP contribution in [0.2, 0.25) is 0 Å². The molecule has 0 fully saturated rings. The van der Waals surface area contributed by atoms with E-state index in [-0.39, 0.29) is 18.6 Å². The van der Waals surface area contributed by atoms with Gasteiger partial charge < -0.3 is 10.0 Å². The van der Waals surface area contributed by atoms with E-state index in [1.54, 1.807) is 17.2 Å². The molecule has 6 nitrogen and oxygen atoms in total. The third kappa shape index (κ3) is 3.87. The molecule has 142 valence electrons. The molecule has 0 spiro atoms. The second-order valence-corrected chi connectivity index (χ2v) is 7.06. The van der Waals surface area contributed by atoms with Crippen molar-refractivity contribution in [3.05, 3.63) is 84.1 Å². The molecular formula is C22H22N4O2. The average Bonchev–Trinajstić information content (AvgIpc) is 3.20. The number of hydrogen-bond acceptors (Lipinski definition) is 4. The topological polar surface area (TPSA) is 71.2 Å². The van der Waals surface area contributed by atoms with E-state index >= 15 is 0 Å². The Morgan fingerprint density at radius 1 is 1.11 bits per heavy atom. The van der Waals surface area contributed by atoms with Crippen LogP contribution in [-0.4, -0.2) is 49.7 Å². The Hall–Kier alpha value is -3.25. The highest BCUT2D eigenvalue weighted by Crippen LogP contribution is 2.20. The molecular weight excluding hydrogens is 352 g/mol. The molecule has 4 rings (SSSR count). The Morgan fingerprint density at radius 3 is 2.61 bits per heavy atom. The lowest BCUT2D eigenvalue weighted by Crippen LogP contribution is -2.49. The van der Waals surface area contributed by atoms with Gasteiger partial charge in [0.25, 0.3) is 0 Å². The van der Waals surface area contributed by atoms with E-state index in [0.717, 1.165) is 16.7 Å². The maximum Gasteiger partial charge on any atom is 0.346 e. The molecule has 1 amide bonds. The van der Waals surface area contributed by atoms with E-state index in [4.69, 9.17) is 0 Å². The SMILES string of the molecule is Cc1ccc(-c2cn(C(=O)N3C[C@@H](O)C=C[C@@H]3Cc3ccccc3)nn2)cc1. The van der Waals surface area contributed by atoms with Gasteiger partial charge in [0.1, 0.15) is 5.69 Å². The molecule has 0 radical (unpaired) electrons. The van der Waals surface area contributed by atoms with Crippen LogP contribution in [0.1, 0.15) is 11.1 Å². The Balaban J connectivity index is 1.56. The van der Waals surface area contributed by atoms with Crippen molar-refractivity contribution in [3.63, 3.8) is 0 Å². The molecule has 0 bridgehead atoms. The summed E-state index contributed by atoms with van der Waals surface area (Å²) < 4.78 is 1.25. The van der Waals surface area contributed by atoms with Gasteiger partial charge in [0.15, 0.2) is 0 Å². The highest BCUT2D eigenvalue weighted by Gasteiger charge is 2.29. The highest BCUT2D eigenvalue weighted by atomic mass is 16.3. The van der Waals surface area contributed by atoms with E-state index in [0.29, 0.717) is 12.1 Å².